The summed E-state index contributed by atoms with van der Waals surface area (Å²) in [6.07, 6.45) is 3.42. The van der Waals surface area contributed by atoms with Crippen LogP contribution < -0.4 is 0 Å². The number of piperidine rings is 1. The van der Waals surface area contributed by atoms with E-state index in [1.807, 2.05) is 49.9 Å². The first-order chi connectivity index (χ1) is 12.7. The van der Waals surface area contributed by atoms with Crippen LogP contribution in [0.25, 0.3) is 0 Å². The van der Waals surface area contributed by atoms with Gasteiger partial charge in [0.05, 0.1) is 5.92 Å². The highest BCUT2D eigenvalue weighted by molar-refractivity contribution is 6.30. The third-order valence-corrected chi connectivity index (χ3v) is 5.17. The minimum atomic E-state index is -0.527. The van der Waals surface area contributed by atoms with Crippen LogP contribution in [0.2, 0.25) is 5.02 Å². The van der Waals surface area contributed by atoms with E-state index in [4.69, 9.17) is 16.3 Å². The molecule has 1 heterocycles. The average molecular weight is 393 g/mol. The first-order valence-corrected chi connectivity index (χ1v) is 10.1. The molecule has 148 valence electrons. The zero-order chi connectivity index (χ0) is 19.6. The second-order valence-corrected chi connectivity index (χ2v) is 9.03. The monoisotopic (exact) mass is 392 g/mol. The summed E-state index contributed by atoms with van der Waals surface area (Å²) in [5.74, 6) is -0.0169. The Labute approximate surface area is 166 Å². The summed E-state index contributed by atoms with van der Waals surface area (Å²) < 4.78 is 5.48. The van der Waals surface area contributed by atoms with Gasteiger partial charge in [-0.2, -0.15) is 0 Å². The number of rotatable bonds is 4. The lowest BCUT2D eigenvalue weighted by Gasteiger charge is -2.36. The van der Waals surface area contributed by atoms with Crippen LogP contribution in [0.15, 0.2) is 24.3 Å². The van der Waals surface area contributed by atoms with Gasteiger partial charge >= 0.3 is 6.09 Å². The van der Waals surface area contributed by atoms with Crippen molar-refractivity contribution >= 4 is 23.6 Å². The van der Waals surface area contributed by atoms with Gasteiger partial charge in [-0.05, 0) is 64.2 Å². The molecule has 1 atom stereocenters. The first-order valence-electron chi connectivity index (χ1n) is 9.76. The molecule has 0 aromatic heterocycles. The summed E-state index contributed by atoms with van der Waals surface area (Å²) in [5.41, 5.74) is 0.517. The van der Waals surface area contributed by atoms with E-state index in [0.29, 0.717) is 30.7 Å². The highest BCUT2D eigenvalue weighted by Crippen LogP contribution is 2.32. The zero-order valence-corrected chi connectivity index (χ0v) is 17.2. The number of hydrogen-bond donors (Lipinski definition) is 0. The molecule has 0 spiro atoms. The van der Waals surface area contributed by atoms with Gasteiger partial charge in [0.2, 0.25) is 5.91 Å². The van der Waals surface area contributed by atoms with Crippen LogP contribution in [-0.4, -0.2) is 46.5 Å². The molecule has 3 rings (SSSR count). The first kappa shape index (κ1) is 20.0. The van der Waals surface area contributed by atoms with Gasteiger partial charge in [-0.3, -0.25) is 4.79 Å². The summed E-state index contributed by atoms with van der Waals surface area (Å²) in [5, 5.41) is 0.685. The summed E-state index contributed by atoms with van der Waals surface area (Å²) in [7, 11) is 0. The molecule has 2 amide bonds. The van der Waals surface area contributed by atoms with Gasteiger partial charge in [0, 0.05) is 30.7 Å². The third kappa shape index (κ3) is 5.61. The molecule has 27 heavy (non-hydrogen) atoms. The van der Waals surface area contributed by atoms with Crippen LogP contribution in [0.5, 0.6) is 0 Å². The van der Waals surface area contributed by atoms with Crippen molar-refractivity contribution in [1.82, 2.24) is 9.80 Å². The lowest BCUT2D eigenvalue weighted by Crippen LogP contribution is -2.48. The van der Waals surface area contributed by atoms with Crippen LogP contribution in [0.3, 0.4) is 0 Å². The molecule has 0 radical (unpaired) electrons. The molecule has 1 aliphatic heterocycles. The van der Waals surface area contributed by atoms with E-state index >= 15 is 0 Å². The van der Waals surface area contributed by atoms with Gasteiger partial charge in [0.1, 0.15) is 5.60 Å². The predicted molar refractivity (Wildman–Crippen MR) is 106 cm³/mol. The molecule has 2 aliphatic rings. The molecule has 0 N–H and O–H groups in total. The second-order valence-electron chi connectivity index (χ2n) is 8.59. The van der Waals surface area contributed by atoms with Crippen molar-refractivity contribution in [2.75, 3.05) is 13.1 Å². The summed E-state index contributed by atoms with van der Waals surface area (Å²) in [6.45, 7) is 7.24. The highest BCUT2D eigenvalue weighted by atomic mass is 35.5. The van der Waals surface area contributed by atoms with E-state index in [0.717, 1.165) is 31.2 Å². The Hall–Kier alpha value is -1.75. The number of carbonyl (C=O) groups excluding carboxylic acids is 2. The lowest BCUT2D eigenvalue weighted by molar-refractivity contribution is -0.138. The van der Waals surface area contributed by atoms with E-state index in [-0.39, 0.29) is 17.9 Å². The molecule has 0 unspecified atom stereocenters. The molecular formula is C21H29ClN2O3. The van der Waals surface area contributed by atoms with Gasteiger partial charge in [0.25, 0.3) is 0 Å². The Balaban J connectivity index is 1.66. The van der Waals surface area contributed by atoms with Crippen molar-refractivity contribution in [1.29, 1.82) is 0 Å². The molecule has 0 bridgehead atoms. The number of likely N-dealkylation sites (tertiary alicyclic amines) is 1. The maximum absolute atomic E-state index is 13.2. The molecular weight excluding hydrogens is 364 g/mol. The van der Waals surface area contributed by atoms with Crippen molar-refractivity contribution in [3.63, 3.8) is 0 Å². The summed E-state index contributed by atoms with van der Waals surface area (Å²) in [4.78, 5) is 29.3. The van der Waals surface area contributed by atoms with Crippen LogP contribution in [-0.2, 0) is 16.1 Å². The van der Waals surface area contributed by atoms with Crippen molar-refractivity contribution < 1.29 is 14.3 Å². The van der Waals surface area contributed by atoms with Crippen molar-refractivity contribution in [2.45, 2.75) is 64.6 Å². The van der Waals surface area contributed by atoms with Gasteiger partial charge in [-0.1, -0.05) is 23.7 Å². The lowest BCUT2D eigenvalue weighted by atomic mass is 9.96. The number of benzene rings is 1. The SMILES string of the molecule is CC(C)(C)OC(=O)N1CCC[C@@H](C(=O)N(Cc2cccc(Cl)c2)C2CC2)C1. The highest BCUT2D eigenvalue weighted by Gasteiger charge is 2.38. The quantitative estimate of drug-likeness (QED) is 0.759. The maximum atomic E-state index is 13.2. The fourth-order valence-electron chi connectivity index (χ4n) is 3.51. The number of nitrogens with zero attached hydrogens (tertiary/aromatic N) is 2. The Morgan fingerprint density at radius 2 is 2.00 bits per heavy atom. The Morgan fingerprint density at radius 1 is 1.26 bits per heavy atom. The Bertz CT molecular complexity index is 697. The fraction of sp³-hybridized carbons (Fsp3) is 0.619. The van der Waals surface area contributed by atoms with Crippen LogP contribution in [0, 0.1) is 5.92 Å². The van der Waals surface area contributed by atoms with Gasteiger partial charge in [-0.15, -0.1) is 0 Å². The number of halogens is 1. The number of carbonyl (C=O) groups is 2. The zero-order valence-electron chi connectivity index (χ0n) is 16.4. The third-order valence-electron chi connectivity index (χ3n) is 4.93. The topological polar surface area (TPSA) is 49.9 Å². The standard InChI is InChI=1S/C21H29ClN2O3/c1-21(2,3)27-20(26)23-11-5-7-16(14-23)19(25)24(18-9-10-18)13-15-6-4-8-17(22)12-15/h4,6,8,12,16,18H,5,7,9-11,13-14H2,1-3H3/t16-/m1/s1. The van der Waals surface area contributed by atoms with E-state index in [1.165, 1.54) is 0 Å². The second kappa shape index (κ2) is 8.09. The Kier molecular flexibility index (Phi) is 5.99. The number of hydrogen-bond acceptors (Lipinski definition) is 3. The summed E-state index contributed by atoms with van der Waals surface area (Å²) in [6, 6.07) is 7.99. The van der Waals surface area contributed by atoms with Gasteiger partial charge in [0.15, 0.2) is 0 Å². The van der Waals surface area contributed by atoms with Gasteiger partial charge in [-0.25, -0.2) is 4.79 Å². The van der Waals surface area contributed by atoms with Crippen molar-refractivity contribution in [3.05, 3.63) is 34.9 Å². The molecule has 5 nitrogen and oxygen atoms in total. The normalized spacial score (nSPS) is 20.3. The molecule has 1 aromatic rings. The van der Waals surface area contributed by atoms with Crippen molar-refractivity contribution in [3.8, 4) is 0 Å². The van der Waals surface area contributed by atoms with Gasteiger partial charge < -0.3 is 14.5 Å². The number of amides is 2. The fourth-order valence-corrected chi connectivity index (χ4v) is 3.72. The molecule has 6 heteroatoms. The predicted octanol–water partition coefficient (Wildman–Crippen LogP) is 4.48. The van der Waals surface area contributed by atoms with E-state index in [9.17, 15) is 9.59 Å². The molecule has 2 fully saturated rings. The molecule has 1 aliphatic carbocycles. The van der Waals surface area contributed by atoms with E-state index in [2.05, 4.69) is 0 Å². The minimum Gasteiger partial charge on any atom is -0.444 e. The smallest absolute Gasteiger partial charge is 0.410 e. The van der Waals surface area contributed by atoms with E-state index < -0.39 is 5.60 Å². The van der Waals surface area contributed by atoms with E-state index in [1.54, 1.807) is 4.90 Å². The largest absolute Gasteiger partial charge is 0.444 e. The van der Waals surface area contributed by atoms with Crippen molar-refractivity contribution in [2.24, 2.45) is 5.92 Å². The molecule has 1 saturated heterocycles. The van der Waals surface area contributed by atoms with Crippen LogP contribution in [0.1, 0.15) is 52.0 Å². The number of ether oxygens (including phenoxy) is 1. The molecule has 1 saturated carbocycles. The van der Waals surface area contributed by atoms with Crippen LogP contribution >= 0.6 is 11.6 Å². The minimum absolute atomic E-state index is 0.144. The average Bonchev–Trinajstić information content (AvgIpc) is 3.43. The molecule has 1 aromatic carbocycles. The van der Waals surface area contributed by atoms with Crippen LogP contribution in [0.4, 0.5) is 4.79 Å². The Morgan fingerprint density at radius 3 is 2.63 bits per heavy atom. The summed E-state index contributed by atoms with van der Waals surface area (Å²) >= 11 is 6.10. The maximum Gasteiger partial charge on any atom is 0.410 e.